The summed E-state index contributed by atoms with van der Waals surface area (Å²) in [7, 11) is 1.47. The van der Waals surface area contributed by atoms with E-state index in [1.807, 2.05) is 30.5 Å². The van der Waals surface area contributed by atoms with E-state index in [0.29, 0.717) is 0 Å². The molecule has 0 aliphatic carbocycles. The minimum absolute atomic E-state index is 0.171. The Morgan fingerprint density at radius 1 is 1.62 bits per heavy atom. The van der Waals surface area contributed by atoms with E-state index in [2.05, 4.69) is 5.32 Å². The molecule has 0 spiro atoms. The lowest BCUT2D eigenvalue weighted by Gasteiger charge is -2.13. The number of hydrogen-bond acceptors (Lipinski definition) is 4. The minimum Gasteiger partial charge on any atom is -0.370 e. The highest BCUT2D eigenvalue weighted by Gasteiger charge is 2.15. The van der Waals surface area contributed by atoms with Gasteiger partial charge in [0.05, 0.1) is 0 Å². The number of nitrogens with two attached hydrogens (primary N) is 1. The van der Waals surface area contributed by atoms with Crippen LogP contribution < -0.4 is 11.1 Å². The van der Waals surface area contributed by atoms with Crippen molar-refractivity contribution in [2.75, 3.05) is 25.2 Å². The Morgan fingerprint density at radius 3 is 2.94 bits per heavy atom. The van der Waals surface area contributed by atoms with Crippen LogP contribution >= 0.6 is 11.8 Å². The summed E-state index contributed by atoms with van der Waals surface area (Å²) in [6.07, 6.45) is 1.39. The molecule has 0 saturated heterocycles. The van der Waals surface area contributed by atoms with Crippen LogP contribution in [0.5, 0.6) is 0 Å². The highest BCUT2D eigenvalue weighted by atomic mass is 32.2. The van der Waals surface area contributed by atoms with Gasteiger partial charge in [-0.05, 0) is 24.5 Å². The number of methoxy groups -OCH3 is 1. The maximum absolute atomic E-state index is 11.7. The number of thioether (sulfide) groups is 1. The molecule has 5 heteroatoms. The number of rotatable bonds is 5. The topological polar surface area (TPSA) is 64.3 Å². The Balaban J connectivity index is 2.68. The lowest BCUT2D eigenvalue weighted by atomic mass is 10.3. The highest BCUT2D eigenvalue weighted by Crippen LogP contribution is 2.19. The predicted molar refractivity (Wildman–Crippen MR) is 66.7 cm³/mol. The molecule has 0 aliphatic rings. The summed E-state index contributed by atoms with van der Waals surface area (Å²) in [5, 5.41) is 2.76. The van der Waals surface area contributed by atoms with Crippen molar-refractivity contribution >= 4 is 23.4 Å². The molecule has 0 aliphatic heterocycles. The molecular formula is C11H16N2O2S. The Morgan fingerprint density at radius 2 is 2.38 bits per heavy atom. The van der Waals surface area contributed by atoms with Gasteiger partial charge in [0.25, 0.3) is 5.91 Å². The van der Waals surface area contributed by atoms with Gasteiger partial charge in [-0.1, -0.05) is 6.07 Å². The van der Waals surface area contributed by atoms with E-state index in [1.165, 1.54) is 7.11 Å². The zero-order chi connectivity index (χ0) is 12.0. The van der Waals surface area contributed by atoms with Crippen molar-refractivity contribution in [1.82, 2.24) is 0 Å². The molecule has 0 bridgehead atoms. The van der Waals surface area contributed by atoms with Crippen LogP contribution in [0.2, 0.25) is 0 Å². The summed E-state index contributed by atoms with van der Waals surface area (Å²) in [6, 6.07) is 7.62. The van der Waals surface area contributed by atoms with Crippen LogP contribution in [-0.4, -0.2) is 31.9 Å². The largest absolute Gasteiger partial charge is 0.370 e. The summed E-state index contributed by atoms with van der Waals surface area (Å²) < 4.78 is 4.95. The lowest BCUT2D eigenvalue weighted by Crippen LogP contribution is -2.35. The second kappa shape index (κ2) is 6.52. The molecule has 1 unspecified atom stereocenters. The van der Waals surface area contributed by atoms with Gasteiger partial charge in [0.1, 0.15) is 6.10 Å². The highest BCUT2D eigenvalue weighted by molar-refractivity contribution is 7.98. The number of anilines is 1. The normalized spacial score (nSPS) is 12.2. The van der Waals surface area contributed by atoms with Crippen molar-refractivity contribution in [2.24, 2.45) is 5.73 Å². The first-order chi connectivity index (χ1) is 7.71. The molecule has 0 aromatic heterocycles. The quantitative estimate of drug-likeness (QED) is 0.762. The fourth-order valence-corrected chi connectivity index (χ4v) is 1.69. The Labute approximate surface area is 99.5 Å². The Hall–Kier alpha value is -1.04. The van der Waals surface area contributed by atoms with Crippen LogP contribution in [0.15, 0.2) is 29.2 Å². The van der Waals surface area contributed by atoms with Gasteiger partial charge in [-0.25, -0.2) is 0 Å². The molecule has 0 fully saturated rings. The van der Waals surface area contributed by atoms with Crippen LogP contribution in [-0.2, 0) is 9.53 Å². The zero-order valence-corrected chi connectivity index (χ0v) is 10.2. The molecule has 1 aromatic rings. The summed E-state index contributed by atoms with van der Waals surface area (Å²) in [5.41, 5.74) is 6.16. The smallest absolute Gasteiger partial charge is 0.254 e. The van der Waals surface area contributed by atoms with E-state index >= 15 is 0 Å². The van der Waals surface area contributed by atoms with Crippen molar-refractivity contribution < 1.29 is 9.53 Å². The maximum Gasteiger partial charge on any atom is 0.254 e. The molecule has 0 heterocycles. The number of carbonyl (C=O) groups excluding carboxylic acids is 1. The molecule has 1 atom stereocenters. The number of ether oxygens (including phenoxy) is 1. The predicted octanol–water partition coefficient (Wildman–Crippen LogP) is 1.32. The standard InChI is InChI=1S/C11H16N2O2S/c1-15-10(7-12)11(14)13-8-4-3-5-9(6-8)16-2/h3-6,10H,7,12H2,1-2H3,(H,13,14). The zero-order valence-electron chi connectivity index (χ0n) is 9.40. The molecular weight excluding hydrogens is 224 g/mol. The number of hydrogen-bond donors (Lipinski definition) is 2. The molecule has 1 aromatic carbocycles. The first-order valence-corrected chi connectivity index (χ1v) is 6.11. The minimum atomic E-state index is -0.599. The van der Waals surface area contributed by atoms with Gasteiger partial charge in [0.15, 0.2) is 0 Å². The van der Waals surface area contributed by atoms with E-state index < -0.39 is 6.10 Å². The van der Waals surface area contributed by atoms with Gasteiger partial charge in [-0.2, -0.15) is 0 Å². The fraction of sp³-hybridized carbons (Fsp3) is 0.364. The molecule has 0 saturated carbocycles. The summed E-state index contributed by atoms with van der Waals surface area (Å²) in [5.74, 6) is -0.219. The average molecular weight is 240 g/mol. The Kier molecular flexibility index (Phi) is 5.31. The van der Waals surface area contributed by atoms with Crippen molar-refractivity contribution in [1.29, 1.82) is 0 Å². The Bertz CT molecular complexity index is 354. The third-order valence-corrected chi connectivity index (χ3v) is 2.85. The van der Waals surface area contributed by atoms with Crippen molar-refractivity contribution in [2.45, 2.75) is 11.0 Å². The second-order valence-electron chi connectivity index (χ2n) is 3.18. The monoisotopic (exact) mass is 240 g/mol. The van der Waals surface area contributed by atoms with E-state index in [1.54, 1.807) is 11.8 Å². The third kappa shape index (κ3) is 3.52. The molecule has 1 rings (SSSR count). The summed E-state index contributed by atoms with van der Waals surface area (Å²) in [4.78, 5) is 12.7. The van der Waals surface area contributed by atoms with Crippen molar-refractivity contribution in [3.05, 3.63) is 24.3 Å². The van der Waals surface area contributed by atoms with Crippen molar-refractivity contribution in [3.63, 3.8) is 0 Å². The number of carbonyl (C=O) groups is 1. The third-order valence-electron chi connectivity index (χ3n) is 2.13. The van der Waals surface area contributed by atoms with Crippen LogP contribution in [0.25, 0.3) is 0 Å². The van der Waals surface area contributed by atoms with E-state index in [9.17, 15) is 4.79 Å². The summed E-state index contributed by atoms with van der Waals surface area (Å²) in [6.45, 7) is 0.171. The molecule has 0 radical (unpaired) electrons. The molecule has 1 amide bonds. The van der Waals surface area contributed by atoms with Gasteiger partial charge >= 0.3 is 0 Å². The van der Waals surface area contributed by atoms with Gasteiger partial charge in [0, 0.05) is 24.2 Å². The number of benzene rings is 1. The first-order valence-electron chi connectivity index (χ1n) is 4.89. The average Bonchev–Trinajstić information content (AvgIpc) is 2.31. The van der Waals surface area contributed by atoms with Gasteiger partial charge in [-0.15, -0.1) is 11.8 Å². The summed E-state index contributed by atoms with van der Waals surface area (Å²) >= 11 is 1.62. The van der Waals surface area contributed by atoms with E-state index in [0.717, 1.165) is 10.6 Å². The first kappa shape index (κ1) is 13.0. The van der Waals surface area contributed by atoms with Gasteiger partial charge in [0.2, 0.25) is 0 Å². The van der Waals surface area contributed by atoms with E-state index in [4.69, 9.17) is 10.5 Å². The SMILES string of the molecule is COC(CN)C(=O)Nc1cccc(SC)c1. The van der Waals surface area contributed by atoms with Gasteiger partial charge in [-0.3, -0.25) is 4.79 Å². The van der Waals surface area contributed by atoms with Crippen LogP contribution in [0.3, 0.4) is 0 Å². The molecule has 4 nitrogen and oxygen atoms in total. The van der Waals surface area contributed by atoms with Gasteiger partial charge < -0.3 is 15.8 Å². The van der Waals surface area contributed by atoms with Crippen molar-refractivity contribution in [3.8, 4) is 0 Å². The number of nitrogens with one attached hydrogen (secondary N) is 1. The molecule has 3 N–H and O–H groups in total. The van der Waals surface area contributed by atoms with Crippen LogP contribution in [0, 0.1) is 0 Å². The maximum atomic E-state index is 11.7. The van der Waals surface area contributed by atoms with E-state index in [-0.39, 0.29) is 12.5 Å². The fourth-order valence-electron chi connectivity index (χ4n) is 1.23. The van der Waals surface area contributed by atoms with Crippen LogP contribution in [0.1, 0.15) is 0 Å². The molecule has 16 heavy (non-hydrogen) atoms. The lowest BCUT2D eigenvalue weighted by molar-refractivity contribution is -0.125. The molecule has 88 valence electrons. The number of amides is 1. The van der Waals surface area contributed by atoms with Crippen LogP contribution in [0.4, 0.5) is 5.69 Å². The second-order valence-corrected chi connectivity index (χ2v) is 4.06.